The molecule has 2 N–H and O–H groups in total. The van der Waals surface area contributed by atoms with Crippen molar-refractivity contribution in [1.29, 1.82) is 0 Å². The summed E-state index contributed by atoms with van der Waals surface area (Å²) in [4.78, 5) is 22.1. The number of halogens is 2. The molecule has 0 aromatic heterocycles. The van der Waals surface area contributed by atoms with E-state index in [9.17, 15) is 9.59 Å². The molecule has 1 fully saturated rings. The van der Waals surface area contributed by atoms with Crippen LogP contribution >= 0.6 is 23.2 Å². The van der Waals surface area contributed by atoms with Gasteiger partial charge in [0.1, 0.15) is 0 Å². The van der Waals surface area contributed by atoms with Gasteiger partial charge in [0.25, 0.3) is 0 Å². The van der Waals surface area contributed by atoms with Crippen LogP contribution in [0.15, 0.2) is 18.2 Å². The SMILES string of the molecule is O=C(O)CCNC(=O)[C@H]1C[C@H]1c1ccc(Cl)cc1Cl. The summed E-state index contributed by atoms with van der Waals surface area (Å²) in [6.45, 7) is 0.158. The number of hydrogen-bond acceptors (Lipinski definition) is 2. The van der Waals surface area contributed by atoms with Crippen LogP contribution in [0, 0.1) is 5.92 Å². The lowest BCUT2D eigenvalue weighted by molar-refractivity contribution is -0.136. The summed E-state index contributed by atoms with van der Waals surface area (Å²) in [6, 6.07) is 5.25. The molecule has 0 aliphatic heterocycles. The zero-order chi connectivity index (χ0) is 14.0. The maximum atomic E-state index is 11.8. The molecule has 1 saturated carbocycles. The summed E-state index contributed by atoms with van der Waals surface area (Å²) in [5.41, 5.74) is 0.921. The molecule has 0 bridgehead atoms. The van der Waals surface area contributed by atoms with Crippen molar-refractivity contribution in [2.45, 2.75) is 18.8 Å². The summed E-state index contributed by atoms with van der Waals surface area (Å²) in [6.07, 6.45) is 0.672. The smallest absolute Gasteiger partial charge is 0.305 e. The molecule has 0 saturated heterocycles. The van der Waals surface area contributed by atoms with Crippen LogP contribution in [0.3, 0.4) is 0 Å². The van der Waals surface area contributed by atoms with E-state index in [-0.39, 0.29) is 30.7 Å². The van der Waals surface area contributed by atoms with Crippen molar-refractivity contribution in [2.24, 2.45) is 5.92 Å². The highest BCUT2D eigenvalue weighted by Gasteiger charge is 2.44. The van der Waals surface area contributed by atoms with E-state index in [0.717, 1.165) is 12.0 Å². The third kappa shape index (κ3) is 3.61. The number of carboxylic acids is 1. The molecule has 0 unspecified atom stereocenters. The Balaban J connectivity index is 1.89. The number of benzene rings is 1. The first-order chi connectivity index (χ1) is 8.99. The molecule has 0 heterocycles. The summed E-state index contributed by atoms with van der Waals surface area (Å²) >= 11 is 11.9. The van der Waals surface area contributed by atoms with Crippen LogP contribution in [-0.2, 0) is 9.59 Å². The van der Waals surface area contributed by atoms with Crippen molar-refractivity contribution < 1.29 is 14.7 Å². The van der Waals surface area contributed by atoms with E-state index in [2.05, 4.69) is 5.32 Å². The van der Waals surface area contributed by atoms with E-state index < -0.39 is 5.97 Å². The van der Waals surface area contributed by atoms with Crippen LogP contribution < -0.4 is 5.32 Å². The first-order valence-electron chi connectivity index (χ1n) is 5.93. The molecule has 1 aromatic carbocycles. The molecule has 19 heavy (non-hydrogen) atoms. The average molecular weight is 302 g/mol. The molecule has 0 radical (unpaired) electrons. The Hall–Kier alpha value is -1.26. The zero-order valence-corrected chi connectivity index (χ0v) is 11.5. The molecule has 1 aliphatic rings. The average Bonchev–Trinajstić information content (AvgIpc) is 3.08. The van der Waals surface area contributed by atoms with Gasteiger partial charge in [-0.1, -0.05) is 29.3 Å². The second-order valence-corrected chi connectivity index (χ2v) is 5.39. The number of carboxylic acid groups (broad SMARTS) is 1. The molecule has 2 atom stereocenters. The van der Waals surface area contributed by atoms with Crippen molar-refractivity contribution in [2.75, 3.05) is 6.54 Å². The fourth-order valence-electron chi connectivity index (χ4n) is 2.05. The van der Waals surface area contributed by atoms with Crippen LogP contribution in [0.5, 0.6) is 0 Å². The minimum absolute atomic E-state index is 0.0647. The summed E-state index contributed by atoms with van der Waals surface area (Å²) in [5, 5.41) is 12.2. The van der Waals surface area contributed by atoms with Gasteiger partial charge in [-0.05, 0) is 30.0 Å². The molecule has 102 valence electrons. The van der Waals surface area contributed by atoms with Crippen molar-refractivity contribution in [3.05, 3.63) is 33.8 Å². The number of aliphatic carboxylic acids is 1. The molecule has 6 heteroatoms. The van der Waals surface area contributed by atoms with Crippen LogP contribution in [0.2, 0.25) is 10.0 Å². The predicted octanol–water partition coefficient (Wildman–Crippen LogP) is 2.69. The Kier molecular flexibility index (Phi) is 4.32. The van der Waals surface area contributed by atoms with Gasteiger partial charge in [-0.3, -0.25) is 9.59 Å². The summed E-state index contributed by atoms with van der Waals surface area (Å²) in [7, 11) is 0. The minimum atomic E-state index is -0.923. The third-order valence-corrected chi connectivity index (χ3v) is 3.69. The quantitative estimate of drug-likeness (QED) is 0.879. The first kappa shape index (κ1) is 14.2. The third-order valence-electron chi connectivity index (χ3n) is 3.13. The summed E-state index contributed by atoms with van der Waals surface area (Å²) in [5.74, 6) is -1.05. The number of hydrogen-bond donors (Lipinski definition) is 2. The van der Waals surface area contributed by atoms with Gasteiger partial charge in [0.15, 0.2) is 0 Å². The standard InChI is InChI=1S/C13H13Cl2NO3/c14-7-1-2-8(11(15)5-7)9-6-10(9)13(19)16-4-3-12(17)18/h1-2,5,9-10H,3-4,6H2,(H,16,19)(H,17,18)/t9-,10-/m0/s1. The van der Waals surface area contributed by atoms with Crippen LogP contribution in [-0.4, -0.2) is 23.5 Å². The minimum Gasteiger partial charge on any atom is -0.481 e. The number of carbonyl (C=O) groups excluding carboxylic acids is 1. The van der Waals surface area contributed by atoms with Gasteiger partial charge >= 0.3 is 5.97 Å². The van der Waals surface area contributed by atoms with Crippen LogP contribution in [0.1, 0.15) is 24.3 Å². The normalized spacial score (nSPS) is 20.9. The second-order valence-electron chi connectivity index (χ2n) is 4.55. The molecular formula is C13H13Cl2NO3. The maximum absolute atomic E-state index is 11.8. The highest BCUT2D eigenvalue weighted by atomic mass is 35.5. The fraction of sp³-hybridized carbons (Fsp3) is 0.385. The number of nitrogens with one attached hydrogen (secondary N) is 1. The van der Waals surface area contributed by atoms with Gasteiger partial charge in [0.2, 0.25) is 5.91 Å². The monoisotopic (exact) mass is 301 g/mol. The van der Waals surface area contributed by atoms with Gasteiger partial charge in [-0.2, -0.15) is 0 Å². The Labute approximate surface area is 120 Å². The Morgan fingerprint density at radius 3 is 2.74 bits per heavy atom. The van der Waals surface area contributed by atoms with Gasteiger partial charge < -0.3 is 10.4 Å². The fourth-order valence-corrected chi connectivity index (χ4v) is 2.60. The van der Waals surface area contributed by atoms with Crippen LogP contribution in [0.25, 0.3) is 0 Å². The highest BCUT2D eigenvalue weighted by Crippen LogP contribution is 2.49. The van der Waals surface area contributed by atoms with Crippen molar-refractivity contribution in [3.8, 4) is 0 Å². The molecular weight excluding hydrogens is 289 g/mol. The molecule has 2 rings (SSSR count). The van der Waals surface area contributed by atoms with Gasteiger partial charge in [-0.15, -0.1) is 0 Å². The van der Waals surface area contributed by atoms with Crippen molar-refractivity contribution >= 4 is 35.1 Å². The van der Waals surface area contributed by atoms with Gasteiger partial charge in [0, 0.05) is 22.5 Å². The largest absolute Gasteiger partial charge is 0.481 e. The molecule has 1 amide bonds. The Morgan fingerprint density at radius 2 is 2.11 bits per heavy atom. The molecule has 1 aromatic rings. The number of carbonyl (C=O) groups is 2. The van der Waals surface area contributed by atoms with Gasteiger partial charge in [0.05, 0.1) is 6.42 Å². The first-order valence-corrected chi connectivity index (χ1v) is 6.69. The van der Waals surface area contributed by atoms with E-state index in [4.69, 9.17) is 28.3 Å². The van der Waals surface area contributed by atoms with E-state index >= 15 is 0 Å². The van der Waals surface area contributed by atoms with Crippen LogP contribution in [0.4, 0.5) is 0 Å². The van der Waals surface area contributed by atoms with E-state index in [1.807, 2.05) is 6.07 Å². The van der Waals surface area contributed by atoms with E-state index in [1.165, 1.54) is 0 Å². The number of rotatable bonds is 5. The summed E-state index contributed by atoms with van der Waals surface area (Å²) < 4.78 is 0. The lowest BCUT2D eigenvalue weighted by Crippen LogP contribution is -2.27. The zero-order valence-electron chi connectivity index (χ0n) is 10.0. The van der Waals surface area contributed by atoms with E-state index in [0.29, 0.717) is 10.0 Å². The van der Waals surface area contributed by atoms with Gasteiger partial charge in [-0.25, -0.2) is 0 Å². The Bertz CT molecular complexity index is 519. The highest BCUT2D eigenvalue weighted by molar-refractivity contribution is 6.35. The molecule has 0 spiro atoms. The van der Waals surface area contributed by atoms with Crippen molar-refractivity contribution in [3.63, 3.8) is 0 Å². The lowest BCUT2D eigenvalue weighted by atomic mass is 10.1. The topological polar surface area (TPSA) is 66.4 Å². The Morgan fingerprint density at radius 1 is 1.37 bits per heavy atom. The second kappa shape index (κ2) is 5.80. The number of amides is 1. The molecule has 4 nitrogen and oxygen atoms in total. The molecule has 1 aliphatic carbocycles. The maximum Gasteiger partial charge on any atom is 0.305 e. The predicted molar refractivity (Wildman–Crippen MR) is 72.6 cm³/mol. The van der Waals surface area contributed by atoms with E-state index in [1.54, 1.807) is 12.1 Å². The van der Waals surface area contributed by atoms with Crippen molar-refractivity contribution in [1.82, 2.24) is 5.32 Å². The lowest BCUT2D eigenvalue weighted by Gasteiger charge is -2.05.